The quantitative estimate of drug-likeness (QED) is 0.211. The van der Waals surface area contributed by atoms with Crippen LogP contribution in [0.1, 0.15) is 12.5 Å². The maximum Gasteiger partial charge on any atom is 0.250 e. The fourth-order valence-electron chi connectivity index (χ4n) is 3.32. The molecule has 178 valence electrons. The van der Waals surface area contributed by atoms with E-state index in [0.29, 0.717) is 16.7 Å². The molecule has 1 heterocycles. The summed E-state index contributed by atoms with van der Waals surface area (Å²) in [6, 6.07) is 24.9. The zero-order valence-corrected chi connectivity index (χ0v) is 20.5. The first kappa shape index (κ1) is 24.0. The molecule has 0 bridgehead atoms. The van der Waals surface area contributed by atoms with Crippen LogP contribution in [0.3, 0.4) is 0 Å². The minimum Gasteiger partial charge on any atom is -0.497 e. The lowest BCUT2D eigenvalue weighted by molar-refractivity contribution is -0.118. The number of benzene rings is 3. The van der Waals surface area contributed by atoms with E-state index in [1.54, 1.807) is 14.2 Å². The van der Waals surface area contributed by atoms with Crippen molar-refractivity contribution in [2.45, 2.75) is 12.1 Å². The van der Waals surface area contributed by atoms with Crippen LogP contribution in [0.5, 0.6) is 11.5 Å². The molecule has 0 unspecified atom stereocenters. The smallest absolute Gasteiger partial charge is 0.250 e. The van der Waals surface area contributed by atoms with Crippen molar-refractivity contribution in [1.29, 1.82) is 0 Å². The van der Waals surface area contributed by atoms with Gasteiger partial charge in [-0.25, -0.2) is 5.43 Å². The van der Waals surface area contributed by atoms with Gasteiger partial charge in [0.25, 0.3) is 5.91 Å². The van der Waals surface area contributed by atoms with E-state index in [4.69, 9.17) is 9.47 Å². The second kappa shape index (κ2) is 11.3. The maximum absolute atomic E-state index is 12.5. The van der Waals surface area contributed by atoms with Crippen molar-refractivity contribution in [3.63, 3.8) is 0 Å². The second-order valence-electron chi connectivity index (χ2n) is 7.46. The van der Waals surface area contributed by atoms with E-state index < -0.39 is 0 Å². The van der Waals surface area contributed by atoms with Crippen molar-refractivity contribution < 1.29 is 14.3 Å². The summed E-state index contributed by atoms with van der Waals surface area (Å²) in [5.74, 6) is 2.04. The molecule has 0 radical (unpaired) electrons. The summed E-state index contributed by atoms with van der Waals surface area (Å²) in [7, 11) is 3.24. The van der Waals surface area contributed by atoms with E-state index in [9.17, 15) is 4.79 Å². The van der Waals surface area contributed by atoms with Gasteiger partial charge < -0.3 is 9.47 Å². The first-order valence-electron chi connectivity index (χ1n) is 10.8. The number of ether oxygens (including phenoxy) is 2. The largest absolute Gasteiger partial charge is 0.497 e. The monoisotopic (exact) mass is 487 g/mol. The van der Waals surface area contributed by atoms with Gasteiger partial charge in [-0.15, -0.1) is 10.2 Å². The third kappa shape index (κ3) is 5.88. The Morgan fingerprint density at radius 3 is 2.40 bits per heavy atom. The molecule has 0 spiro atoms. The van der Waals surface area contributed by atoms with Crippen LogP contribution in [0, 0.1) is 0 Å². The normalized spacial score (nSPS) is 11.2. The number of hydrazone groups is 1. The molecule has 4 rings (SSSR count). The number of thioether (sulfide) groups is 1. The number of rotatable bonds is 9. The second-order valence-corrected chi connectivity index (χ2v) is 8.40. The predicted octanol–water partition coefficient (Wildman–Crippen LogP) is 4.58. The standard InChI is InChI=1S/C26H25N5O3S/c1-18(20-10-7-11-23(16-20)34-3)27-28-24(32)17-35-26-30-29-25(19-8-5-4-6-9-19)31(26)21-12-14-22(33-2)15-13-21/h4-16H,17H2,1-3H3,(H,28,32). The molecule has 35 heavy (non-hydrogen) atoms. The average Bonchev–Trinajstić information content (AvgIpc) is 3.35. The summed E-state index contributed by atoms with van der Waals surface area (Å²) < 4.78 is 12.5. The highest BCUT2D eigenvalue weighted by atomic mass is 32.2. The van der Waals surface area contributed by atoms with Gasteiger partial charge in [0.15, 0.2) is 11.0 Å². The molecule has 0 aliphatic rings. The maximum atomic E-state index is 12.5. The molecule has 0 saturated heterocycles. The molecule has 0 aliphatic heterocycles. The minimum absolute atomic E-state index is 0.123. The Labute approximate surface area is 208 Å². The topological polar surface area (TPSA) is 90.6 Å². The summed E-state index contributed by atoms with van der Waals surface area (Å²) >= 11 is 1.29. The molecule has 3 aromatic carbocycles. The molecule has 9 heteroatoms. The van der Waals surface area contributed by atoms with Crippen LogP contribution in [-0.4, -0.2) is 46.4 Å². The summed E-state index contributed by atoms with van der Waals surface area (Å²) in [5.41, 5.74) is 5.94. The number of carbonyl (C=O) groups is 1. The Bertz CT molecular complexity index is 1320. The SMILES string of the molecule is COc1ccc(-n2c(SCC(=O)NN=C(C)c3cccc(OC)c3)nnc2-c2ccccc2)cc1. The Kier molecular flexibility index (Phi) is 7.79. The number of amides is 1. The Morgan fingerprint density at radius 1 is 0.943 bits per heavy atom. The Balaban J connectivity index is 1.51. The van der Waals surface area contributed by atoms with Crippen molar-refractivity contribution in [3.8, 4) is 28.6 Å². The Morgan fingerprint density at radius 2 is 1.69 bits per heavy atom. The van der Waals surface area contributed by atoms with Crippen molar-refractivity contribution >= 4 is 23.4 Å². The summed E-state index contributed by atoms with van der Waals surface area (Å²) in [5, 5.41) is 13.6. The molecule has 4 aromatic rings. The molecule has 1 aromatic heterocycles. The van der Waals surface area contributed by atoms with Crippen molar-refractivity contribution in [1.82, 2.24) is 20.2 Å². The van der Waals surface area contributed by atoms with Crippen LogP contribution in [-0.2, 0) is 4.79 Å². The lowest BCUT2D eigenvalue weighted by Gasteiger charge is -2.11. The van der Waals surface area contributed by atoms with Gasteiger partial charge in [-0.05, 0) is 43.3 Å². The van der Waals surface area contributed by atoms with Gasteiger partial charge in [-0.3, -0.25) is 9.36 Å². The number of carbonyl (C=O) groups excluding carboxylic acids is 1. The van der Waals surface area contributed by atoms with E-state index in [-0.39, 0.29) is 11.7 Å². The summed E-state index contributed by atoms with van der Waals surface area (Å²) in [6.45, 7) is 1.83. The fourth-order valence-corrected chi connectivity index (χ4v) is 4.07. The van der Waals surface area contributed by atoms with Gasteiger partial charge in [0.2, 0.25) is 0 Å². The number of nitrogens with zero attached hydrogens (tertiary/aromatic N) is 4. The molecule has 8 nitrogen and oxygen atoms in total. The molecular formula is C26H25N5O3S. The number of nitrogens with one attached hydrogen (secondary N) is 1. The molecule has 1 N–H and O–H groups in total. The molecule has 0 atom stereocenters. The van der Waals surface area contributed by atoms with Crippen LogP contribution in [0.15, 0.2) is 89.1 Å². The lowest BCUT2D eigenvalue weighted by Crippen LogP contribution is -2.21. The predicted molar refractivity (Wildman–Crippen MR) is 137 cm³/mol. The third-order valence-electron chi connectivity index (χ3n) is 5.16. The molecule has 0 saturated carbocycles. The first-order valence-corrected chi connectivity index (χ1v) is 11.8. The number of hydrogen-bond acceptors (Lipinski definition) is 7. The van der Waals surface area contributed by atoms with Crippen LogP contribution in [0.4, 0.5) is 0 Å². The molecule has 0 aliphatic carbocycles. The van der Waals surface area contributed by atoms with Crippen molar-refractivity contribution in [2.24, 2.45) is 5.10 Å². The zero-order chi connectivity index (χ0) is 24.6. The van der Waals surface area contributed by atoms with Crippen molar-refractivity contribution in [3.05, 3.63) is 84.4 Å². The van der Waals surface area contributed by atoms with Gasteiger partial charge in [0.05, 0.1) is 25.7 Å². The third-order valence-corrected chi connectivity index (χ3v) is 6.09. The number of methoxy groups -OCH3 is 2. The van der Waals surface area contributed by atoms with E-state index in [2.05, 4.69) is 20.7 Å². The number of aromatic nitrogens is 3. The lowest BCUT2D eigenvalue weighted by atomic mass is 10.1. The van der Waals surface area contributed by atoms with E-state index in [1.165, 1.54) is 11.8 Å². The summed E-state index contributed by atoms with van der Waals surface area (Å²) in [4.78, 5) is 12.5. The highest BCUT2D eigenvalue weighted by molar-refractivity contribution is 7.99. The van der Waals surface area contributed by atoms with Gasteiger partial charge in [-0.1, -0.05) is 54.2 Å². The fraction of sp³-hybridized carbons (Fsp3) is 0.154. The summed E-state index contributed by atoms with van der Waals surface area (Å²) in [6.07, 6.45) is 0. The van der Waals surface area contributed by atoms with E-state index in [1.807, 2.05) is 90.4 Å². The average molecular weight is 488 g/mol. The van der Waals surface area contributed by atoms with Crippen LogP contribution in [0.25, 0.3) is 17.1 Å². The minimum atomic E-state index is -0.247. The van der Waals surface area contributed by atoms with Crippen LogP contribution in [0.2, 0.25) is 0 Å². The van der Waals surface area contributed by atoms with Gasteiger partial charge in [0.1, 0.15) is 11.5 Å². The van der Waals surface area contributed by atoms with Crippen LogP contribution < -0.4 is 14.9 Å². The van der Waals surface area contributed by atoms with Crippen LogP contribution >= 0.6 is 11.8 Å². The van der Waals surface area contributed by atoms with E-state index in [0.717, 1.165) is 28.3 Å². The zero-order valence-electron chi connectivity index (χ0n) is 19.6. The molecular weight excluding hydrogens is 462 g/mol. The number of hydrogen-bond donors (Lipinski definition) is 1. The van der Waals surface area contributed by atoms with E-state index >= 15 is 0 Å². The molecule has 1 amide bonds. The van der Waals surface area contributed by atoms with Gasteiger partial charge in [-0.2, -0.15) is 5.10 Å². The first-order chi connectivity index (χ1) is 17.1. The van der Waals surface area contributed by atoms with Gasteiger partial charge >= 0.3 is 0 Å². The Hall–Kier alpha value is -4.11. The molecule has 0 fully saturated rings. The highest BCUT2D eigenvalue weighted by Gasteiger charge is 2.17. The highest BCUT2D eigenvalue weighted by Crippen LogP contribution is 2.28. The van der Waals surface area contributed by atoms with Crippen molar-refractivity contribution in [2.75, 3.05) is 20.0 Å². The van der Waals surface area contributed by atoms with Gasteiger partial charge in [0, 0.05) is 16.8 Å².